The van der Waals surface area contributed by atoms with Crippen molar-refractivity contribution in [2.24, 2.45) is 0 Å². The van der Waals surface area contributed by atoms with Gasteiger partial charge in [-0.1, -0.05) is 34.8 Å². The Bertz CT molecular complexity index is 579. The summed E-state index contributed by atoms with van der Waals surface area (Å²) in [5.74, 6) is 0.872. The normalized spacial score (nSPS) is 14.7. The van der Waals surface area contributed by atoms with E-state index in [4.69, 9.17) is 0 Å². The van der Waals surface area contributed by atoms with Crippen LogP contribution in [0.25, 0.3) is 0 Å². The largest absolute Gasteiger partial charge is 0.337 e. The number of carbonyl (C=O) groups excluding carboxylic acids is 1. The zero-order chi connectivity index (χ0) is 13.8. The number of amides is 1. The molecule has 2 aromatic rings. The van der Waals surface area contributed by atoms with E-state index < -0.39 is 0 Å². The third-order valence-corrected chi connectivity index (χ3v) is 5.30. The maximum absolute atomic E-state index is 12.4. The molecule has 1 aliphatic heterocycles. The van der Waals surface area contributed by atoms with Crippen LogP contribution in [0.5, 0.6) is 0 Å². The topological polar surface area (TPSA) is 46.1 Å². The molecule has 1 fully saturated rings. The van der Waals surface area contributed by atoms with E-state index in [2.05, 4.69) is 21.7 Å². The van der Waals surface area contributed by atoms with E-state index in [1.165, 1.54) is 17.1 Å². The van der Waals surface area contributed by atoms with Crippen molar-refractivity contribution in [1.29, 1.82) is 0 Å². The second-order valence-electron chi connectivity index (χ2n) is 4.68. The number of carbonyl (C=O) groups is 1. The van der Waals surface area contributed by atoms with Gasteiger partial charge in [-0.2, -0.15) is 0 Å². The van der Waals surface area contributed by atoms with Crippen LogP contribution in [0.4, 0.5) is 0 Å². The summed E-state index contributed by atoms with van der Waals surface area (Å²) < 4.78 is 4.87. The van der Waals surface area contributed by atoms with E-state index in [0.717, 1.165) is 35.9 Å². The van der Waals surface area contributed by atoms with Crippen LogP contribution < -0.4 is 0 Å². The number of rotatable bonds is 4. The summed E-state index contributed by atoms with van der Waals surface area (Å²) in [5, 5.41) is 4.03. The second kappa shape index (κ2) is 6.37. The molecule has 1 saturated heterocycles. The van der Waals surface area contributed by atoms with Gasteiger partial charge in [0.05, 0.1) is 0 Å². The Morgan fingerprint density at radius 3 is 2.75 bits per heavy atom. The van der Waals surface area contributed by atoms with Gasteiger partial charge in [-0.15, -0.1) is 16.9 Å². The zero-order valence-corrected chi connectivity index (χ0v) is 12.6. The Morgan fingerprint density at radius 2 is 2.00 bits per heavy atom. The van der Waals surface area contributed by atoms with Gasteiger partial charge in [0.25, 0.3) is 5.91 Å². The van der Waals surface area contributed by atoms with E-state index in [1.807, 2.05) is 23.1 Å². The Hall–Kier alpha value is -1.40. The number of hydrogen-bond donors (Lipinski definition) is 0. The zero-order valence-electron chi connectivity index (χ0n) is 11.0. The molecule has 0 radical (unpaired) electrons. The summed E-state index contributed by atoms with van der Waals surface area (Å²) >= 11 is 2.95. The van der Waals surface area contributed by atoms with Crippen LogP contribution in [-0.4, -0.2) is 33.5 Å². The van der Waals surface area contributed by atoms with Crippen molar-refractivity contribution in [3.8, 4) is 0 Å². The minimum atomic E-state index is 0.0341. The highest BCUT2D eigenvalue weighted by atomic mass is 32.2. The summed E-state index contributed by atoms with van der Waals surface area (Å²) in [5.41, 5.74) is 1.77. The number of thioether (sulfide) groups is 1. The first kappa shape index (κ1) is 13.6. The molecule has 1 aromatic carbocycles. The van der Waals surface area contributed by atoms with Crippen LogP contribution in [0.3, 0.4) is 0 Å². The smallest absolute Gasteiger partial charge is 0.276 e. The first-order valence-electron chi connectivity index (χ1n) is 6.63. The van der Waals surface area contributed by atoms with Crippen molar-refractivity contribution in [3.63, 3.8) is 0 Å². The van der Waals surface area contributed by atoms with Crippen molar-refractivity contribution in [3.05, 3.63) is 41.6 Å². The predicted octanol–water partition coefficient (Wildman–Crippen LogP) is 3.07. The number of benzene rings is 1. The van der Waals surface area contributed by atoms with Gasteiger partial charge in [0, 0.05) is 18.8 Å². The molecular formula is C14H15N3OS2. The first-order chi connectivity index (χ1) is 9.84. The van der Waals surface area contributed by atoms with Crippen LogP contribution in [0, 0.1) is 0 Å². The number of nitrogens with zero attached hydrogens (tertiary/aromatic N) is 3. The van der Waals surface area contributed by atoms with Gasteiger partial charge in [0.15, 0.2) is 5.69 Å². The Morgan fingerprint density at radius 1 is 1.25 bits per heavy atom. The van der Waals surface area contributed by atoms with Crippen molar-refractivity contribution >= 4 is 29.2 Å². The molecule has 4 nitrogen and oxygen atoms in total. The molecule has 0 bridgehead atoms. The fourth-order valence-corrected chi connectivity index (χ4v) is 3.85. The molecule has 0 saturated carbocycles. The molecule has 1 aromatic heterocycles. The molecule has 0 unspecified atom stereocenters. The molecule has 1 amide bonds. The van der Waals surface area contributed by atoms with E-state index in [9.17, 15) is 4.79 Å². The third-order valence-electron chi connectivity index (χ3n) is 3.27. The lowest BCUT2D eigenvalue weighted by Crippen LogP contribution is -2.28. The maximum Gasteiger partial charge on any atom is 0.276 e. The highest BCUT2D eigenvalue weighted by Crippen LogP contribution is 2.29. The first-order valence-corrected chi connectivity index (χ1v) is 8.39. The number of likely N-dealkylation sites (tertiary alicyclic amines) is 1. The molecule has 6 heteroatoms. The van der Waals surface area contributed by atoms with E-state index in [0.29, 0.717) is 5.69 Å². The van der Waals surface area contributed by atoms with Crippen LogP contribution >= 0.6 is 23.3 Å². The average molecular weight is 305 g/mol. The molecule has 0 N–H and O–H groups in total. The van der Waals surface area contributed by atoms with Crippen LogP contribution in [0.15, 0.2) is 34.5 Å². The summed E-state index contributed by atoms with van der Waals surface area (Å²) in [4.78, 5) is 14.2. The second-order valence-corrected chi connectivity index (χ2v) is 6.68. The SMILES string of the molecule is O=C(c1nnsc1SCc1ccccc1)N1CCCC1. The fourth-order valence-electron chi connectivity index (χ4n) is 2.20. The van der Waals surface area contributed by atoms with Crippen molar-refractivity contribution in [2.75, 3.05) is 13.1 Å². The number of aromatic nitrogens is 2. The van der Waals surface area contributed by atoms with Gasteiger partial charge in [-0.05, 0) is 29.9 Å². The van der Waals surface area contributed by atoms with Gasteiger partial charge in [0.2, 0.25) is 0 Å². The summed E-state index contributed by atoms with van der Waals surface area (Å²) in [6.07, 6.45) is 2.19. The molecule has 3 rings (SSSR count). The summed E-state index contributed by atoms with van der Waals surface area (Å²) in [6.45, 7) is 1.69. The highest BCUT2D eigenvalue weighted by Gasteiger charge is 2.25. The molecule has 0 aliphatic carbocycles. The fraction of sp³-hybridized carbons (Fsp3) is 0.357. The molecule has 104 valence electrons. The molecule has 1 aliphatic rings. The van der Waals surface area contributed by atoms with E-state index in [-0.39, 0.29) is 5.91 Å². The summed E-state index contributed by atoms with van der Waals surface area (Å²) in [6, 6.07) is 10.2. The molecular weight excluding hydrogens is 290 g/mol. The molecule has 20 heavy (non-hydrogen) atoms. The van der Waals surface area contributed by atoms with E-state index in [1.54, 1.807) is 11.8 Å². The Labute approximate surface area is 126 Å². The maximum atomic E-state index is 12.4. The Kier molecular flexibility index (Phi) is 4.32. The van der Waals surface area contributed by atoms with Crippen molar-refractivity contribution in [1.82, 2.24) is 14.5 Å². The van der Waals surface area contributed by atoms with Crippen molar-refractivity contribution < 1.29 is 4.79 Å². The monoisotopic (exact) mass is 305 g/mol. The lowest BCUT2D eigenvalue weighted by molar-refractivity contribution is 0.0784. The van der Waals surface area contributed by atoms with Gasteiger partial charge in [0.1, 0.15) is 4.21 Å². The molecule has 0 atom stereocenters. The lowest BCUT2D eigenvalue weighted by atomic mass is 10.2. The minimum absolute atomic E-state index is 0.0341. The van der Waals surface area contributed by atoms with Gasteiger partial charge in [-0.3, -0.25) is 4.79 Å². The average Bonchev–Trinajstić information content (AvgIpc) is 3.17. The molecule has 0 spiro atoms. The summed E-state index contributed by atoms with van der Waals surface area (Å²) in [7, 11) is 0. The minimum Gasteiger partial charge on any atom is -0.337 e. The number of hydrogen-bond acceptors (Lipinski definition) is 5. The van der Waals surface area contributed by atoms with Gasteiger partial charge < -0.3 is 4.90 Å². The lowest BCUT2D eigenvalue weighted by Gasteiger charge is -2.13. The third kappa shape index (κ3) is 3.02. The standard InChI is InChI=1S/C14H15N3OS2/c18-13(17-8-4-5-9-17)12-14(20-16-15-12)19-10-11-6-2-1-3-7-11/h1-3,6-7H,4-5,8-10H2. The van der Waals surface area contributed by atoms with Gasteiger partial charge in [-0.25, -0.2) is 0 Å². The van der Waals surface area contributed by atoms with Gasteiger partial charge >= 0.3 is 0 Å². The highest BCUT2D eigenvalue weighted by molar-refractivity contribution is 8.00. The van der Waals surface area contributed by atoms with Crippen molar-refractivity contribution in [2.45, 2.75) is 22.8 Å². The van der Waals surface area contributed by atoms with Crippen LogP contribution in [-0.2, 0) is 5.75 Å². The molecule has 2 heterocycles. The Balaban J connectivity index is 1.68. The predicted molar refractivity (Wildman–Crippen MR) is 81.0 cm³/mol. The van der Waals surface area contributed by atoms with Crippen LogP contribution in [0.1, 0.15) is 28.9 Å². The van der Waals surface area contributed by atoms with Crippen LogP contribution in [0.2, 0.25) is 0 Å². The van der Waals surface area contributed by atoms with E-state index >= 15 is 0 Å². The quantitative estimate of drug-likeness (QED) is 0.814.